The number of hydrogen-bond donors (Lipinski definition) is 1. The predicted octanol–water partition coefficient (Wildman–Crippen LogP) is 2.76. The Morgan fingerprint density at radius 1 is 1.35 bits per heavy atom. The molecule has 1 aromatic rings. The highest BCUT2D eigenvalue weighted by Crippen LogP contribution is 2.35. The van der Waals surface area contributed by atoms with Crippen molar-refractivity contribution in [3.05, 3.63) is 29.8 Å². The molecule has 1 unspecified atom stereocenters. The maximum Gasteiger partial charge on any atom is 0.123 e. The Balaban J connectivity index is 2.03. The van der Waals surface area contributed by atoms with Crippen molar-refractivity contribution in [2.45, 2.75) is 26.8 Å². The van der Waals surface area contributed by atoms with Gasteiger partial charge in [-0.1, -0.05) is 32.0 Å². The molecule has 2 rings (SSSR count). The first-order valence-corrected chi connectivity index (χ1v) is 7.58. The van der Waals surface area contributed by atoms with E-state index in [4.69, 9.17) is 4.74 Å². The predicted molar refractivity (Wildman–Crippen MR) is 84.1 cm³/mol. The highest BCUT2D eigenvalue weighted by atomic mass is 16.5. The van der Waals surface area contributed by atoms with Crippen LogP contribution in [0.2, 0.25) is 0 Å². The van der Waals surface area contributed by atoms with Gasteiger partial charge >= 0.3 is 0 Å². The molecule has 3 heteroatoms. The van der Waals surface area contributed by atoms with E-state index in [2.05, 4.69) is 43.2 Å². The fourth-order valence-corrected chi connectivity index (χ4v) is 3.29. The van der Waals surface area contributed by atoms with Crippen molar-refractivity contribution in [2.24, 2.45) is 11.3 Å². The van der Waals surface area contributed by atoms with Crippen LogP contribution in [0, 0.1) is 11.3 Å². The molecule has 1 aliphatic heterocycles. The van der Waals surface area contributed by atoms with E-state index in [1.54, 1.807) is 7.11 Å². The smallest absolute Gasteiger partial charge is 0.123 e. The third-order valence-electron chi connectivity index (χ3n) is 4.72. The van der Waals surface area contributed by atoms with Gasteiger partial charge in [-0.2, -0.15) is 0 Å². The number of nitrogens with one attached hydrogen (secondary N) is 1. The van der Waals surface area contributed by atoms with Crippen molar-refractivity contribution < 1.29 is 4.74 Å². The van der Waals surface area contributed by atoms with Gasteiger partial charge < -0.3 is 15.0 Å². The third kappa shape index (κ3) is 3.33. The van der Waals surface area contributed by atoms with Crippen molar-refractivity contribution in [1.82, 2.24) is 10.2 Å². The average Bonchev–Trinajstić information content (AvgIpc) is 2.89. The lowest BCUT2D eigenvalue weighted by molar-refractivity contribution is 0.131. The number of ether oxygens (including phenoxy) is 1. The van der Waals surface area contributed by atoms with Crippen LogP contribution in [-0.2, 0) is 6.54 Å². The normalized spacial score (nSPS) is 22.7. The molecular weight excluding hydrogens is 248 g/mol. The number of rotatable bonds is 6. The zero-order chi connectivity index (χ0) is 14.6. The lowest BCUT2D eigenvalue weighted by Gasteiger charge is -2.36. The summed E-state index contributed by atoms with van der Waals surface area (Å²) in [4.78, 5) is 2.44. The van der Waals surface area contributed by atoms with Crippen molar-refractivity contribution >= 4 is 0 Å². The van der Waals surface area contributed by atoms with Crippen LogP contribution in [-0.4, -0.2) is 38.7 Å². The molecular formula is C17H28N2O. The number of nitrogens with zero attached hydrogens (tertiary/aromatic N) is 1. The minimum atomic E-state index is 0.413. The van der Waals surface area contributed by atoms with E-state index in [1.165, 1.54) is 12.0 Å². The summed E-state index contributed by atoms with van der Waals surface area (Å²) in [7, 11) is 3.96. The van der Waals surface area contributed by atoms with Gasteiger partial charge in [-0.15, -0.1) is 0 Å². The van der Waals surface area contributed by atoms with Crippen molar-refractivity contribution in [1.29, 1.82) is 0 Å². The molecule has 0 bridgehead atoms. The maximum atomic E-state index is 5.45. The Hall–Kier alpha value is -1.06. The molecule has 0 spiro atoms. The van der Waals surface area contributed by atoms with Gasteiger partial charge in [-0.25, -0.2) is 0 Å². The Bertz CT molecular complexity index is 425. The standard InChI is InChI=1S/C17H28N2O/c1-14(2)17(9-10-18-12-17)13-19(3)11-15-7-5-6-8-16(15)20-4/h5-8,14,18H,9-13H2,1-4H3. The lowest BCUT2D eigenvalue weighted by Crippen LogP contribution is -2.41. The lowest BCUT2D eigenvalue weighted by atomic mass is 9.76. The molecule has 112 valence electrons. The number of benzene rings is 1. The van der Waals surface area contributed by atoms with Gasteiger partial charge in [0.15, 0.2) is 0 Å². The summed E-state index contributed by atoms with van der Waals surface area (Å²) < 4.78 is 5.45. The van der Waals surface area contributed by atoms with E-state index < -0.39 is 0 Å². The summed E-state index contributed by atoms with van der Waals surface area (Å²) in [6.45, 7) is 9.07. The van der Waals surface area contributed by atoms with Crippen molar-refractivity contribution in [3.63, 3.8) is 0 Å². The first-order valence-electron chi connectivity index (χ1n) is 7.58. The maximum absolute atomic E-state index is 5.45. The van der Waals surface area contributed by atoms with E-state index in [0.29, 0.717) is 11.3 Å². The van der Waals surface area contributed by atoms with E-state index in [-0.39, 0.29) is 0 Å². The summed E-state index contributed by atoms with van der Waals surface area (Å²) in [6, 6.07) is 8.31. The quantitative estimate of drug-likeness (QED) is 0.864. The molecule has 0 amide bonds. The monoisotopic (exact) mass is 276 g/mol. The van der Waals surface area contributed by atoms with E-state index >= 15 is 0 Å². The van der Waals surface area contributed by atoms with Gasteiger partial charge in [-0.05, 0) is 37.4 Å². The van der Waals surface area contributed by atoms with Gasteiger partial charge in [0.25, 0.3) is 0 Å². The summed E-state index contributed by atoms with van der Waals surface area (Å²) in [5.41, 5.74) is 1.68. The number of hydrogen-bond acceptors (Lipinski definition) is 3. The second kappa shape index (κ2) is 6.59. The summed E-state index contributed by atoms with van der Waals surface area (Å²) in [5, 5.41) is 3.53. The minimum Gasteiger partial charge on any atom is -0.496 e. The highest BCUT2D eigenvalue weighted by molar-refractivity contribution is 5.33. The van der Waals surface area contributed by atoms with E-state index in [0.717, 1.165) is 31.9 Å². The first kappa shape index (κ1) is 15.3. The number of methoxy groups -OCH3 is 1. The topological polar surface area (TPSA) is 24.5 Å². The van der Waals surface area contributed by atoms with Crippen LogP contribution in [0.25, 0.3) is 0 Å². The van der Waals surface area contributed by atoms with Gasteiger partial charge in [0.2, 0.25) is 0 Å². The van der Waals surface area contributed by atoms with Crippen LogP contribution in [0.1, 0.15) is 25.8 Å². The summed E-state index contributed by atoms with van der Waals surface area (Å²) in [6.07, 6.45) is 1.28. The van der Waals surface area contributed by atoms with Crippen molar-refractivity contribution in [2.75, 3.05) is 33.8 Å². The van der Waals surface area contributed by atoms with Crippen LogP contribution in [0.5, 0.6) is 5.75 Å². The van der Waals surface area contributed by atoms with Crippen LogP contribution >= 0.6 is 0 Å². The molecule has 1 fully saturated rings. The third-order valence-corrected chi connectivity index (χ3v) is 4.72. The van der Waals surface area contributed by atoms with Crippen LogP contribution < -0.4 is 10.1 Å². The molecule has 1 aromatic carbocycles. The fourth-order valence-electron chi connectivity index (χ4n) is 3.29. The Morgan fingerprint density at radius 3 is 2.70 bits per heavy atom. The largest absolute Gasteiger partial charge is 0.496 e. The average molecular weight is 276 g/mol. The molecule has 1 heterocycles. The van der Waals surface area contributed by atoms with Gasteiger partial charge in [0.05, 0.1) is 7.11 Å². The highest BCUT2D eigenvalue weighted by Gasteiger charge is 2.37. The molecule has 0 radical (unpaired) electrons. The van der Waals surface area contributed by atoms with E-state index in [1.807, 2.05) is 12.1 Å². The zero-order valence-corrected chi connectivity index (χ0v) is 13.3. The Morgan fingerprint density at radius 2 is 2.10 bits per heavy atom. The Labute approximate surface area is 123 Å². The SMILES string of the molecule is COc1ccccc1CN(C)CC1(C(C)C)CCNC1. The summed E-state index contributed by atoms with van der Waals surface area (Å²) >= 11 is 0. The number of para-hydroxylation sites is 1. The van der Waals surface area contributed by atoms with Crippen LogP contribution in [0.3, 0.4) is 0 Å². The van der Waals surface area contributed by atoms with Gasteiger partial charge in [0.1, 0.15) is 5.75 Å². The first-order chi connectivity index (χ1) is 9.57. The molecule has 0 aliphatic carbocycles. The molecule has 0 aromatic heterocycles. The van der Waals surface area contributed by atoms with Crippen LogP contribution in [0.15, 0.2) is 24.3 Å². The molecule has 0 saturated carbocycles. The molecule has 3 nitrogen and oxygen atoms in total. The second-order valence-electron chi connectivity index (χ2n) is 6.43. The Kier molecular flexibility index (Phi) is 5.06. The van der Waals surface area contributed by atoms with Crippen molar-refractivity contribution in [3.8, 4) is 5.75 Å². The summed E-state index contributed by atoms with van der Waals surface area (Å²) in [5.74, 6) is 1.69. The van der Waals surface area contributed by atoms with Gasteiger partial charge in [0, 0.05) is 25.2 Å². The minimum absolute atomic E-state index is 0.413. The fraction of sp³-hybridized carbons (Fsp3) is 0.647. The zero-order valence-electron chi connectivity index (χ0n) is 13.3. The molecule has 1 atom stereocenters. The van der Waals surface area contributed by atoms with E-state index in [9.17, 15) is 0 Å². The molecule has 1 saturated heterocycles. The van der Waals surface area contributed by atoms with Crippen LogP contribution in [0.4, 0.5) is 0 Å². The molecule has 20 heavy (non-hydrogen) atoms. The van der Waals surface area contributed by atoms with Gasteiger partial charge in [-0.3, -0.25) is 0 Å². The molecule has 1 aliphatic rings. The molecule has 1 N–H and O–H groups in total. The second-order valence-corrected chi connectivity index (χ2v) is 6.43.